The Morgan fingerprint density at radius 1 is 0.926 bits per heavy atom. The Hall–Kier alpha value is -5.63. The minimum atomic E-state index is -4.76. The van der Waals surface area contributed by atoms with Crippen LogP contribution >= 0.6 is 0 Å². The normalized spacial score (nSPS) is 15.7. The molecule has 54 heavy (non-hydrogen) atoms. The van der Waals surface area contributed by atoms with E-state index in [1.165, 1.54) is 24.3 Å². The summed E-state index contributed by atoms with van der Waals surface area (Å²) in [6.45, 7) is 2.31. The van der Waals surface area contributed by atoms with Crippen LogP contribution in [0.3, 0.4) is 0 Å². The van der Waals surface area contributed by atoms with Gasteiger partial charge in [-0.25, -0.2) is 23.2 Å². The smallest absolute Gasteiger partial charge is 0.371 e. The van der Waals surface area contributed by atoms with Gasteiger partial charge in [0.25, 0.3) is 0 Å². The van der Waals surface area contributed by atoms with Crippen LogP contribution in [0.15, 0.2) is 61.2 Å². The monoisotopic (exact) mass is 768 g/mol. The van der Waals surface area contributed by atoms with Crippen molar-refractivity contribution in [3.8, 4) is 0 Å². The molecule has 0 atom stereocenters. The highest BCUT2D eigenvalue weighted by Crippen LogP contribution is 2.35. The lowest BCUT2D eigenvalue weighted by molar-refractivity contribution is -0.137. The summed E-state index contributed by atoms with van der Waals surface area (Å²) in [5, 5.41) is 7.91. The zero-order valence-corrected chi connectivity index (χ0v) is 30.5. The molecule has 3 amide bonds. The van der Waals surface area contributed by atoms with Gasteiger partial charge in [-0.15, -0.1) is 0 Å². The van der Waals surface area contributed by atoms with Crippen molar-refractivity contribution in [1.29, 1.82) is 0 Å². The second kappa shape index (κ2) is 15.8. The maximum atomic E-state index is 13.9. The quantitative estimate of drug-likeness (QED) is 0.189. The number of pyridine rings is 1. The first-order chi connectivity index (χ1) is 25.7. The number of hydrogen-bond acceptors (Lipinski definition) is 13. The number of nitrogens with zero attached hydrogens (tertiary/aromatic N) is 9. The third-order valence-corrected chi connectivity index (χ3v) is 10.4. The van der Waals surface area contributed by atoms with Crippen LogP contribution in [0.25, 0.3) is 0 Å². The second-order valence-electron chi connectivity index (χ2n) is 12.9. The van der Waals surface area contributed by atoms with Gasteiger partial charge < -0.3 is 15.5 Å². The number of anilines is 6. The average Bonchev–Trinajstić information content (AvgIpc) is 3.14. The maximum Gasteiger partial charge on any atom is 0.421 e. The van der Waals surface area contributed by atoms with E-state index in [2.05, 4.69) is 57.7 Å². The van der Waals surface area contributed by atoms with Crippen molar-refractivity contribution in [2.45, 2.75) is 44.6 Å². The summed E-state index contributed by atoms with van der Waals surface area (Å²) in [6, 6.07) is 11.1. The van der Waals surface area contributed by atoms with Crippen LogP contribution in [0.1, 0.15) is 36.2 Å². The van der Waals surface area contributed by atoms with E-state index in [0.717, 1.165) is 47.9 Å². The zero-order valence-electron chi connectivity index (χ0n) is 29.7. The van der Waals surface area contributed by atoms with Crippen molar-refractivity contribution >= 4 is 56.6 Å². The van der Waals surface area contributed by atoms with Gasteiger partial charge in [0.1, 0.15) is 17.1 Å². The average molecular weight is 769 g/mol. The lowest BCUT2D eigenvalue weighted by Gasteiger charge is -2.38. The van der Waals surface area contributed by atoms with Gasteiger partial charge in [-0.1, -0.05) is 0 Å². The van der Waals surface area contributed by atoms with Crippen LogP contribution in [0.4, 0.5) is 52.6 Å². The Morgan fingerprint density at radius 2 is 1.63 bits per heavy atom. The van der Waals surface area contributed by atoms with Gasteiger partial charge >= 0.3 is 12.2 Å². The number of imide groups is 1. The SMILES string of the molecule is CN(Cc1ccc(N2CCC(=O)NC2=O)cn1)C1CCN(c2ccc(Nc3ncc(C(F)(F)F)c(NCc4nccnc4N(C)S(C)(=O)=O)n3)cc2)CC1. The van der Waals surface area contributed by atoms with Crippen molar-refractivity contribution in [2.75, 3.05) is 64.7 Å². The molecule has 2 aliphatic rings. The van der Waals surface area contributed by atoms with Crippen molar-refractivity contribution in [3.05, 3.63) is 78.1 Å². The van der Waals surface area contributed by atoms with Crippen LogP contribution in [-0.2, 0) is 34.1 Å². The van der Waals surface area contributed by atoms with Gasteiger partial charge in [-0.05, 0) is 56.3 Å². The van der Waals surface area contributed by atoms with E-state index in [1.54, 1.807) is 18.3 Å². The fourth-order valence-electron chi connectivity index (χ4n) is 6.17. The molecule has 0 bridgehead atoms. The first-order valence-corrected chi connectivity index (χ1v) is 18.8. The number of carbonyl (C=O) groups excluding carboxylic acids is 2. The predicted octanol–water partition coefficient (Wildman–Crippen LogP) is 3.98. The van der Waals surface area contributed by atoms with Crippen LogP contribution in [-0.4, -0.2) is 96.2 Å². The van der Waals surface area contributed by atoms with Gasteiger partial charge in [0.2, 0.25) is 21.9 Å². The lowest BCUT2D eigenvalue weighted by atomic mass is 10.0. The van der Waals surface area contributed by atoms with Crippen LogP contribution in [0, 0.1) is 0 Å². The number of urea groups is 1. The molecular formula is C34H39F3N12O4S. The predicted molar refractivity (Wildman–Crippen MR) is 196 cm³/mol. The molecule has 2 saturated heterocycles. The Bertz CT molecular complexity index is 2080. The number of rotatable bonds is 12. The zero-order chi connectivity index (χ0) is 38.6. The fraction of sp³-hybridized carbons (Fsp3) is 0.382. The first kappa shape index (κ1) is 38.1. The molecule has 0 spiro atoms. The van der Waals surface area contributed by atoms with Crippen molar-refractivity contribution in [2.24, 2.45) is 0 Å². The summed E-state index contributed by atoms with van der Waals surface area (Å²) >= 11 is 0. The first-order valence-electron chi connectivity index (χ1n) is 17.0. The highest BCUT2D eigenvalue weighted by atomic mass is 32.2. The molecule has 20 heteroatoms. The summed E-state index contributed by atoms with van der Waals surface area (Å²) < 4.78 is 66.7. The van der Waals surface area contributed by atoms with E-state index in [1.807, 2.05) is 24.3 Å². The van der Waals surface area contributed by atoms with Crippen LogP contribution in [0.5, 0.6) is 0 Å². The van der Waals surface area contributed by atoms with Gasteiger partial charge in [0.15, 0.2) is 5.82 Å². The topological polar surface area (TPSA) is 182 Å². The summed E-state index contributed by atoms with van der Waals surface area (Å²) in [4.78, 5) is 50.3. The third-order valence-electron chi connectivity index (χ3n) is 9.23. The Morgan fingerprint density at radius 3 is 2.28 bits per heavy atom. The number of amides is 3. The van der Waals surface area contributed by atoms with Crippen molar-refractivity contribution < 1.29 is 31.2 Å². The van der Waals surface area contributed by atoms with Crippen LogP contribution in [0.2, 0.25) is 0 Å². The molecular weight excluding hydrogens is 730 g/mol. The molecule has 1 aromatic carbocycles. The third kappa shape index (κ3) is 9.11. The Kier molecular flexibility index (Phi) is 11.1. The number of alkyl halides is 3. The molecule has 0 aliphatic carbocycles. The van der Waals surface area contributed by atoms with E-state index in [-0.39, 0.29) is 36.3 Å². The van der Waals surface area contributed by atoms with Crippen molar-refractivity contribution in [3.63, 3.8) is 0 Å². The summed E-state index contributed by atoms with van der Waals surface area (Å²) in [6.07, 6.45) is 3.24. The molecule has 0 radical (unpaired) electrons. The Labute approximate surface area is 309 Å². The largest absolute Gasteiger partial charge is 0.421 e. The fourth-order valence-corrected chi connectivity index (χ4v) is 6.64. The highest BCUT2D eigenvalue weighted by Gasteiger charge is 2.35. The number of sulfonamides is 1. The minimum absolute atomic E-state index is 0.0311. The molecule has 0 saturated carbocycles. The standard InChI is InChI=1S/C34H39F3N12O4S/c1-46(21-23-6-9-26(18-40-23)49-17-12-29(50)44-33(49)51)24-10-15-48(16-11-24)25-7-4-22(5-8-25)43-32-42-19-27(34(35,36)37)30(45-32)41-20-28-31(39-14-13-38-28)47(2)54(3,52)53/h4-9,13-14,18-19,24H,10-12,15-17,20-21H2,1-3H3,(H,44,50,51)(H2,41,42,43,45). The molecule has 4 aromatic rings. The van der Waals surface area contributed by atoms with E-state index in [9.17, 15) is 31.2 Å². The molecule has 0 unspecified atom stereocenters. The van der Waals surface area contributed by atoms with E-state index >= 15 is 0 Å². The minimum Gasteiger partial charge on any atom is -0.371 e. The number of aromatic nitrogens is 5. The van der Waals surface area contributed by atoms with E-state index in [4.69, 9.17) is 0 Å². The number of benzene rings is 1. The molecule has 5 heterocycles. The molecule has 3 N–H and O–H groups in total. The van der Waals surface area contributed by atoms with Gasteiger partial charge in [-0.2, -0.15) is 18.2 Å². The summed E-state index contributed by atoms with van der Waals surface area (Å²) in [5.74, 6) is -0.903. The molecule has 3 aromatic heterocycles. The molecule has 2 fully saturated rings. The van der Waals surface area contributed by atoms with Crippen LogP contribution < -0.4 is 30.1 Å². The maximum absolute atomic E-state index is 13.9. The summed E-state index contributed by atoms with van der Waals surface area (Å²) in [5.41, 5.74) is 2.08. The number of hydrogen-bond donors (Lipinski definition) is 3. The second-order valence-corrected chi connectivity index (χ2v) is 14.9. The molecule has 16 nitrogen and oxygen atoms in total. The number of nitrogens with one attached hydrogen (secondary N) is 3. The van der Waals surface area contributed by atoms with Gasteiger partial charge in [-0.3, -0.25) is 34.2 Å². The highest BCUT2D eigenvalue weighted by molar-refractivity contribution is 7.92. The number of carbonyl (C=O) groups is 2. The van der Waals surface area contributed by atoms with Gasteiger partial charge in [0.05, 0.1) is 30.4 Å². The summed E-state index contributed by atoms with van der Waals surface area (Å²) in [7, 11) is -0.364. The van der Waals surface area contributed by atoms with Crippen molar-refractivity contribution in [1.82, 2.24) is 35.1 Å². The molecule has 6 rings (SSSR count). The van der Waals surface area contributed by atoms with E-state index in [0.29, 0.717) is 36.7 Å². The Balaban J connectivity index is 1.04. The van der Waals surface area contributed by atoms with Gasteiger partial charge in [0, 0.05) is 75.7 Å². The lowest BCUT2D eigenvalue weighted by Crippen LogP contribution is -2.49. The number of halogens is 3. The van der Waals surface area contributed by atoms with E-state index < -0.39 is 33.6 Å². The molecule has 2 aliphatic heterocycles. The number of piperidine rings is 1. The molecule has 286 valence electrons.